The van der Waals surface area contributed by atoms with Gasteiger partial charge in [-0.3, -0.25) is 0 Å². The minimum absolute atomic E-state index is 0.0746. The van der Waals surface area contributed by atoms with Gasteiger partial charge in [0.15, 0.2) is 5.82 Å². The van der Waals surface area contributed by atoms with Crippen LogP contribution in [0.5, 0.6) is 5.75 Å². The van der Waals surface area contributed by atoms with E-state index in [0.717, 1.165) is 33.8 Å². The van der Waals surface area contributed by atoms with E-state index in [9.17, 15) is 4.79 Å². The second-order valence-electron chi connectivity index (χ2n) is 9.42. The number of nitrogens with zero attached hydrogens (tertiary/aromatic N) is 3. The van der Waals surface area contributed by atoms with Crippen molar-refractivity contribution in [1.29, 1.82) is 0 Å². The molecular formula is C27H30N6O2. The highest BCUT2D eigenvalue weighted by Crippen LogP contribution is 2.54. The number of nitrogens with two attached hydrogens (primary N) is 1. The quantitative estimate of drug-likeness (QED) is 0.461. The van der Waals surface area contributed by atoms with E-state index >= 15 is 0 Å². The van der Waals surface area contributed by atoms with Crippen molar-refractivity contribution >= 4 is 23.0 Å². The number of fused-ring (bicyclic) bond motifs is 1. The van der Waals surface area contributed by atoms with Crippen LogP contribution in [-0.2, 0) is 6.61 Å². The van der Waals surface area contributed by atoms with Gasteiger partial charge in [-0.2, -0.15) is 0 Å². The lowest BCUT2D eigenvalue weighted by atomic mass is 9.70. The van der Waals surface area contributed by atoms with Crippen LogP contribution in [-0.4, -0.2) is 27.0 Å². The molecule has 5 rings (SSSR count). The Morgan fingerprint density at radius 2 is 1.86 bits per heavy atom. The summed E-state index contributed by atoms with van der Waals surface area (Å²) in [5.74, 6) is 2.14. The van der Waals surface area contributed by atoms with Crippen molar-refractivity contribution in [2.24, 2.45) is 11.7 Å². The van der Waals surface area contributed by atoms with Crippen molar-refractivity contribution in [3.63, 3.8) is 0 Å². The number of ether oxygens (including phenoxy) is 1. The van der Waals surface area contributed by atoms with E-state index in [1.54, 1.807) is 0 Å². The van der Waals surface area contributed by atoms with E-state index in [2.05, 4.69) is 37.7 Å². The van der Waals surface area contributed by atoms with Crippen molar-refractivity contribution in [1.82, 2.24) is 20.3 Å². The Balaban J connectivity index is 1.39. The molecule has 1 saturated carbocycles. The third kappa shape index (κ3) is 4.82. The zero-order valence-corrected chi connectivity index (χ0v) is 20.0. The molecule has 1 unspecified atom stereocenters. The molecule has 2 aliphatic carbocycles. The summed E-state index contributed by atoms with van der Waals surface area (Å²) >= 11 is 0. The minimum Gasteiger partial charge on any atom is -0.486 e. The van der Waals surface area contributed by atoms with Gasteiger partial charge in [-0.05, 0) is 79.6 Å². The molecule has 2 aromatic carbocycles. The van der Waals surface area contributed by atoms with Crippen molar-refractivity contribution in [2.45, 2.75) is 51.7 Å². The summed E-state index contributed by atoms with van der Waals surface area (Å²) in [7, 11) is 0. The molecule has 1 heterocycles. The normalized spacial score (nSPS) is 17.2. The van der Waals surface area contributed by atoms with Gasteiger partial charge >= 0.3 is 6.03 Å². The van der Waals surface area contributed by atoms with Crippen LogP contribution in [0.1, 0.15) is 61.5 Å². The van der Waals surface area contributed by atoms with E-state index in [0.29, 0.717) is 11.7 Å². The van der Waals surface area contributed by atoms with Gasteiger partial charge in [-0.25, -0.2) is 19.7 Å². The van der Waals surface area contributed by atoms with Gasteiger partial charge in [0.1, 0.15) is 25.0 Å². The van der Waals surface area contributed by atoms with Crippen molar-refractivity contribution in [2.75, 3.05) is 5.32 Å². The van der Waals surface area contributed by atoms with Crippen molar-refractivity contribution < 1.29 is 9.53 Å². The molecule has 35 heavy (non-hydrogen) atoms. The molecule has 2 aliphatic rings. The van der Waals surface area contributed by atoms with Crippen molar-refractivity contribution in [3.8, 4) is 5.75 Å². The fourth-order valence-electron chi connectivity index (χ4n) is 4.85. The molecule has 1 fully saturated rings. The van der Waals surface area contributed by atoms with Crippen LogP contribution in [0.2, 0.25) is 0 Å². The maximum Gasteiger partial charge on any atom is 0.319 e. The van der Waals surface area contributed by atoms with E-state index in [-0.39, 0.29) is 24.6 Å². The Kier molecular flexibility index (Phi) is 6.35. The van der Waals surface area contributed by atoms with Gasteiger partial charge in [0, 0.05) is 28.9 Å². The number of aromatic nitrogens is 3. The van der Waals surface area contributed by atoms with Crippen LogP contribution in [0.3, 0.4) is 0 Å². The fraction of sp³-hybridized carbons (Fsp3) is 0.333. The molecule has 8 heteroatoms. The smallest absolute Gasteiger partial charge is 0.319 e. The topological polar surface area (TPSA) is 115 Å². The first-order chi connectivity index (χ1) is 17.0. The number of allylic oxidation sites excluding steroid dienone is 1. The van der Waals surface area contributed by atoms with Gasteiger partial charge in [0.25, 0.3) is 0 Å². The molecule has 4 N–H and O–H groups in total. The van der Waals surface area contributed by atoms with E-state index in [1.807, 2.05) is 44.2 Å². The summed E-state index contributed by atoms with van der Waals surface area (Å²) in [5, 5.41) is 5.72. The second kappa shape index (κ2) is 9.74. The van der Waals surface area contributed by atoms with Crippen LogP contribution < -0.4 is 21.1 Å². The van der Waals surface area contributed by atoms with Crippen LogP contribution in [0, 0.1) is 5.92 Å². The van der Waals surface area contributed by atoms with Crippen LogP contribution >= 0.6 is 0 Å². The molecule has 0 saturated heterocycles. The number of carbonyl (C=O) groups is 1. The molecule has 0 aliphatic heterocycles. The number of benzene rings is 2. The summed E-state index contributed by atoms with van der Waals surface area (Å²) in [4.78, 5) is 24.2. The Bertz CT molecular complexity index is 1240. The first-order valence-corrected chi connectivity index (χ1v) is 12.0. The van der Waals surface area contributed by atoms with Crippen LogP contribution in [0.15, 0.2) is 55.1 Å². The highest BCUT2D eigenvalue weighted by molar-refractivity contribution is 5.99. The molecule has 8 nitrogen and oxygen atoms in total. The fourth-order valence-corrected chi connectivity index (χ4v) is 4.85. The lowest BCUT2D eigenvalue weighted by Gasteiger charge is -2.34. The number of carbonyl (C=O) groups excluding carboxylic acids is 1. The Morgan fingerprint density at radius 3 is 2.51 bits per heavy atom. The third-order valence-electron chi connectivity index (χ3n) is 6.66. The van der Waals surface area contributed by atoms with E-state index in [1.165, 1.54) is 37.5 Å². The number of anilines is 1. The predicted molar refractivity (Wildman–Crippen MR) is 135 cm³/mol. The van der Waals surface area contributed by atoms with E-state index < -0.39 is 0 Å². The average Bonchev–Trinajstić information content (AvgIpc) is 3.09. The number of rotatable bonds is 7. The van der Waals surface area contributed by atoms with Gasteiger partial charge in [0.2, 0.25) is 0 Å². The van der Waals surface area contributed by atoms with Crippen LogP contribution in [0.25, 0.3) is 11.3 Å². The standard InChI is InChI=1S/C27H30N6O2/c1-16(2)32-27(34)33-19-8-6-18(7-9-19)25-24(17-4-3-5-17)22-12-20(10-11-21(22)26(25)28)35-13-23-30-14-29-15-31-23/h6-12,14-17,24H,3-5,13,28H2,1-2H3,(H2,32,33,34). The Hall–Kier alpha value is -3.94. The average molecular weight is 471 g/mol. The van der Waals surface area contributed by atoms with Gasteiger partial charge in [-0.1, -0.05) is 18.6 Å². The van der Waals surface area contributed by atoms with Crippen LogP contribution in [0.4, 0.5) is 10.5 Å². The maximum absolute atomic E-state index is 12.1. The first kappa shape index (κ1) is 22.8. The second-order valence-corrected chi connectivity index (χ2v) is 9.42. The monoisotopic (exact) mass is 470 g/mol. The summed E-state index contributed by atoms with van der Waals surface area (Å²) in [6, 6.07) is 13.9. The third-order valence-corrected chi connectivity index (χ3v) is 6.66. The molecule has 1 aromatic heterocycles. The summed E-state index contributed by atoms with van der Waals surface area (Å²) in [5.41, 5.74) is 12.8. The number of urea groups is 1. The summed E-state index contributed by atoms with van der Waals surface area (Å²) < 4.78 is 6.00. The highest BCUT2D eigenvalue weighted by Gasteiger charge is 2.39. The Morgan fingerprint density at radius 1 is 1.11 bits per heavy atom. The molecule has 0 radical (unpaired) electrons. The van der Waals surface area contributed by atoms with Gasteiger partial charge in [0.05, 0.1) is 0 Å². The number of hydrogen-bond donors (Lipinski definition) is 3. The van der Waals surface area contributed by atoms with Crippen molar-refractivity contribution in [3.05, 3.63) is 77.6 Å². The summed E-state index contributed by atoms with van der Waals surface area (Å²) in [6.45, 7) is 4.14. The SMILES string of the molecule is CC(C)NC(=O)Nc1ccc(C2=C(N)c3ccc(OCc4ncncn4)cc3C2C2CCC2)cc1. The molecule has 0 bridgehead atoms. The molecule has 0 spiro atoms. The molecule has 180 valence electrons. The first-order valence-electron chi connectivity index (χ1n) is 12.0. The molecular weight excluding hydrogens is 440 g/mol. The predicted octanol–water partition coefficient (Wildman–Crippen LogP) is 4.70. The number of hydrogen-bond acceptors (Lipinski definition) is 6. The number of nitrogens with one attached hydrogen (secondary N) is 2. The zero-order valence-electron chi connectivity index (χ0n) is 20.0. The van der Waals surface area contributed by atoms with Gasteiger partial charge in [-0.15, -0.1) is 0 Å². The molecule has 2 amide bonds. The van der Waals surface area contributed by atoms with E-state index in [4.69, 9.17) is 10.5 Å². The Labute approximate surface area is 205 Å². The minimum atomic E-state index is -0.211. The lowest BCUT2D eigenvalue weighted by molar-refractivity contribution is 0.250. The molecule has 3 aromatic rings. The highest BCUT2D eigenvalue weighted by atomic mass is 16.5. The zero-order chi connectivity index (χ0) is 24.4. The largest absolute Gasteiger partial charge is 0.486 e. The lowest BCUT2D eigenvalue weighted by Crippen LogP contribution is -2.34. The summed E-state index contributed by atoms with van der Waals surface area (Å²) in [6.07, 6.45) is 6.55. The molecule has 1 atom stereocenters. The van der Waals surface area contributed by atoms with Gasteiger partial charge < -0.3 is 21.1 Å². The maximum atomic E-state index is 12.1. The number of amides is 2.